The maximum Gasteiger partial charge on any atom is 0.315 e. The van der Waals surface area contributed by atoms with Crippen LogP contribution in [-0.4, -0.2) is 30.0 Å². The van der Waals surface area contributed by atoms with Crippen molar-refractivity contribution < 1.29 is 19.1 Å². The number of ketones is 1. The first-order chi connectivity index (χ1) is 9.66. The molecule has 1 heterocycles. The highest BCUT2D eigenvalue weighted by atomic mass is 16.5. The average molecular weight is 277 g/mol. The molecule has 0 aromatic carbocycles. The van der Waals surface area contributed by atoms with E-state index < -0.39 is 5.41 Å². The second kappa shape index (κ2) is 6.50. The Hall–Kier alpha value is -1.91. The number of carbonyl (C=O) groups is 2. The highest BCUT2D eigenvalue weighted by molar-refractivity contribution is 5.84. The number of hydrogen-bond acceptors (Lipinski definition) is 5. The van der Waals surface area contributed by atoms with Crippen molar-refractivity contribution in [1.29, 1.82) is 0 Å². The van der Waals surface area contributed by atoms with Crippen LogP contribution in [0, 0.1) is 5.41 Å². The number of pyridine rings is 1. The number of ether oxygens (including phenoxy) is 2. The summed E-state index contributed by atoms with van der Waals surface area (Å²) in [6.07, 6.45) is 5.07. The molecule has 1 aromatic heterocycles. The molecule has 0 amide bonds. The van der Waals surface area contributed by atoms with Crippen molar-refractivity contribution in [3.63, 3.8) is 0 Å². The summed E-state index contributed by atoms with van der Waals surface area (Å²) in [7, 11) is 0. The third-order valence-corrected chi connectivity index (χ3v) is 3.62. The third kappa shape index (κ3) is 3.35. The van der Waals surface area contributed by atoms with Crippen molar-refractivity contribution >= 4 is 11.8 Å². The summed E-state index contributed by atoms with van der Waals surface area (Å²) in [4.78, 5) is 27.6. The van der Waals surface area contributed by atoms with Gasteiger partial charge in [0.15, 0.2) is 0 Å². The summed E-state index contributed by atoms with van der Waals surface area (Å²) in [6, 6.07) is 3.57. The Morgan fingerprint density at radius 1 is 1.40 bits per heavy atom. The van der Waals surface area contributed by atoms with Crippen molar-refractivity contribution in [3.05, 3.63) is 24.5 Å². The van der Waals surface area contributed by atoms with Gasteiger partial charge in [0, 0.05) is 19.0 Å². The van der Waals surface area contributed by atoms with Crippen LogP contribution in [0.3, 0.4) is 0 Å². The molecule has 0 bridgehead atoms. The molecule has 108 valence electrons. The van der Waals surface area contributed by atoms with Crippen LogP contribution >= 0.6 is 0 Å². The van der Waals surface area contributed by atoms with Gasteiger partial charge in [-0.3, -0.25) is 14.6 Å². The minimum atomic E-state index is -0.709. The van der Waals surface area contributed by atoms with Crippen LogP contribution in [-0.2, 0) is 14.3 Å². The molecule has 0 spiro atoms. The fraction of sp³-hybridized carbons (Fsp3) is 0.533. The van der Waals surface area contributed by atoms with E-state index in [0.717, 1.165) is 0 Å². The van der Waals surface area contributed by atoms with Crippen LogP contribution in [0.4, 0.5) is 0 Å². The highest BCUT2D eigenvalue weighted by Crippen LogP contribution is 2.36. The van der Waals surface area contributed by atoms with Crippen LogP contribution < -0.4 is 4.74 Å². The Morgan fingerprint density at radius 3 is 2.75 bits per heavy atom. The Balaban J connectivity index is 2.06. The molecule has 1 aromatic rings. The second-order valence-corrected chi connectivity index (χ2v) is 5.02. The predicted octanol–water partition coefficient (Wildman–Crippen LogP) is 2.15. The maximum atomic E-state index is 12.2. The van der Waals surface area contributed by atoms with E-state index in [4.69, 9.17) is 9.47 Å². The molecule has 0 radical (unpaired) electrons. The molecular formula is C15H19NO4. The molecule has 1 aliphatic carbocycles. The van der Waals surface area contributed by atoms with Crippen LogP contribution in [0.15, 0.2) is 24.5 Å². The summed E-state index contributed by atoms with van der Waals surface area (Å²) in [5.41, 5.74) is -0.709. The predicted molar refractivity (Wildman–Crippen MR) is 72.3 cm³/mol. The van der Waals surface area contributed by atoms with E-state index in [1.807, 2.05) is 0 Å². The van der Waals surface area contributed by atoms with Crippen LogP contribution in [0.5, 0.6) is 5.75 Å². The number of Topliss-reactive ketones (excluding diaryl/α,β-unsaturated/α-hetero) is 1. The van der Waals surface area contributed by atoms with Crippen LogP contribution in [0.25, 0.3) is 0 Å². The van der Waals surface area contributed by atoms with Gasteiger partial charge < -0.3 is 9.47 Å². The summed E-state index contributed by atoms with van der Waals surface area (Å²) >= 11 is 0. The van der Waals surface area contributed by atoms with Crippen molar-refractivity contribution in [1.82, 2.24) is 4.98 Å². The lowest BCUT2D eigenvalue weighted by Gasteiger charge is -2.33. The van der Waals surface area contributed by atoms with Gasteiger partial charge in [0.25, 0.3) is 0 Å². The van der Waals surface area contributed by atoms with Gasteiger partial charge in [-0.2, -0.15) is 0 Å². The second-order valence-electron chi connectivity index (χ2n) is 5.02. The molecule has 2 rings (SSSR count). The average Bonchev–Trinajstić information content (AvgIpc) is 2.48. The number of esters is 1. The quantitative estimate of drug-likeness (QED) is 0.772. The Labute approximate surface area is 118 Å². The molecule has 0 unspecified atom stereocenters. The van der Waals surface area contributed by atoms with Crippen molar-refractivity contribution in [2.24, 2.45) is 5.41 Å². The van der Waals surface area contributed by atoms with Gasteiger partial charge in [0.1, 0.15) is 23.6 Å². The molecule has 0 atom stereocenters. The first kappa shape index (κ1) is 14.5. The van der Waals surface area contributed by atoms with Crippen LogP contribution in [0.1, 0.15) is 32.6 Å². The summed E-state index contributed by atoms with van der Waals surface area (Å²) in [5, 5.41) is 0. The van der Waals surface area contributed by atoms with Crippen molar-refractivity contribution in [2.75, 3.05) is 13.2 Å². The zero-order valence-corrected chi connectivity index (χ0v) is 11.6. The summed E-state index contributed by atoms with van der Waals surface area (Å²) in [5.74, 6) is 0.552. The van der Waals surface area contributed by atoms with Crippen LogP contribution in [0.2, 0.25) is 0 Å². The highest BCUT2D eigenvalue weighted by Gasteiger charge is 2.43. The number of nitrogens with zero attached hydrogens (tertiary/aromatic N) is 1. The standard InChI is InChI=1S/C15H19NO4/c1-2-19-14(18)15(7-5-12(17)6-8-15)11-20-13-4-3-9-16-10-13/h3-4,9-10H,2,5-8,11H2,1H3. The SMILES string of the molecule is CCOC(=O)C1(COc2cccnc2)CCC(=O)CC1. The van der Waals surface area contributed by atoms with E-state index >= 15 is 0 Å². The molecule has 0 aliphatic heterocycles. The van der Waals surface area contributed by atoms with Gasteiger partial charge in [-0.15, -0.1) is 0 Å². The Bertz CT molecular complexity index is 462. The maximum absolute atomic E-state index is 12.2. The van der Waals surface area contributed by atoms with Crippen molar-refractivity contribution in [3.8, 4) is 5.75 Å². The van der Waals surface area contributed by atoms with E-state index in [1.165, 1.54) is 0 Å². The monoisotopic (exact) mass is 277 g/mol. The Kier molecular flexibility index (Phi) is 4.71. The first-order valence-corrected chi connectivity index (χ1v) is 6.88. The van der Waals surface area contributed by atoms with E-state index in [-0.39, 0.29) is 18.4 Å². The van der Waals surface area contributed by atoms with Gasteiger partial charge in [0.2, 0.25) is 0 Å². The largest absolute Gasteiger partial charge is 0.491 e. The molecule has 1 saturated carbocycles. The van der Waals surface area contributed by atoms with E-state index in [1.54, 1.807) is 31.5 Å². The molecule has 5 heteroatoms. The lowest BCUT2D eigenvalue weighted by Crippen LogP contribution is -2.42. The summed E-state index contributed by atoms with van der Waals surface area (Å²) < 4.78 is 10.8. The van der Waals surface area contributed by atoms with Gasteiger partial charge in [-0.1, -0.05) is 0 Å². The van der Waals surface area contributed by atoms with Gasteiger partial charge in [-0.25, -0.2) is 0 Å². The number of hydrogen-bond donors (Lipinski definition) is 0. The van der Waals surface area contributed by atoms with Gasteiger partial charge in [0.05, 0.1) is 12.8 Å². The van der Waals surface area contributed by atoms with Crippen molar-refractivity contribution in [2.45, 2.75) is 32.6 Å². The normalized spacial score (nSPS) is 17.6. The summed E-state index contributed by atoms with van der Waals surface area (Å²) in [6.45, 7) is 2.34. The lowest BCUT2D eigenvalue weighted by atomic mass is 9.74. The third-order valence-electron chi connectivity index (χ3n) is 3.62. The molecule has 20 heavy (non-hydrogen) atoms. The number of carbonyl (C=O) groups excluding carboxylic acids is 2. The first-order valence-electron chi connectivity index (χ1n) is 6.88. The molecule has 0 N–H and O–H groups in total. The molecule has 1 fully saturated rings. The minimum Gasteiger partial charge on any atom is -0.491 e. The topological polar surface area (TPSA) is 65.5 Å². The minimum absolute atomic E-state index is 0.200. The molecule has 5 nitrogen and oxygen atoms in total. The fourth-order valence-corrected chi connectivity index (χ4v) is 2.35. The van der Waals surface area contributed by atoms with Gasteiger partial charge in [-0.05, 0) is 31.9 Å². The van der Waals surface area contributed by atoms with E-state index in [9.17, 15) is 9.59 Å². The van der Waals surface area contributed by atoms with E-state index in [0.29, 0.717) is 38.0 Å². The van der Waals surface area contributed by atoms with Gasteiger partial charge >= 0.3 is 5.97 Å². The zero-order chi connectivity index (χ0) is 14.4. The zero-order valence-electron chi connectivity index (χ0n) is 11.6. The fourth-order valence-electron chi connectivity index (χ4n) is 2.35. The molecule has 0 saturated heterocycles. The smallest absolute Gasteiger partial charge is 0.315 e. The Morgan fingerprint density at radius 2 is 2.15 bits per heavy atom. The van der Waals surface area contributed by atoms with E-state index in [2.05, 4.69) is 4.98 Å². The lowest BCUT2D eigenvalue weighted by molar-refractivity contribution is -0.160. The number of rotatable bonds is 5. The number of aromatic nitrogens is 1. The molecule has 1 aliphatic rings. The molecular weight excluding hydrogens is 258 g/mol.